The molecule has 38 heavy (non-hydrogen) atoms. The van der Waals surface area contributed by atoms with E-state index in [1.807, 2.05) is 0 Å². The van der Waals surface area contributed by atoms with Crippen LogP contribution in [0.1, 0.15) is 113 Å². The Labute approximate surface area is 231 Å². The van der Waals surface area contributed by atoms with Crippen molar-refractivity contribution in [3.05, 3.63) is 35.5 Å². The Morgan fingerprint density at radius 2 is 1.74 bits per heavy atom. The van der Waals surface area contributed by atoms with Gasteiger partial charge in [-0.05, 0) is 85.7 Å². The Morgan fingerprint density at radius 3 is 2.37 bits per heavy atom. The van der Waals surface area contributed by atoms with Crippen molar-refractivity contribution in [1.82, 2.24) is 0 Å². The highest BCUT2D eigenvalue weighted by molar-refractivity contribution is 5.66. The van der Waals surface area contributed by atoms with E-state index in [9.17, 15) is 9.59 Å². The average molecular weight is 525 g/mol. The Morgan fingerprint density at radius 1 is 1.03 bits per heavy atom. The lowest BCUT2D eigenvalue weighted by molar-refractivity contribution is -0.165. The van der Waals surface area contributed by atoms with Crippen LogP contribution in [0.2, 0.25) is 0 Å². The molecule has 4 rings (SSSR count). The zero-order valence-corrected chi connectivity index (χ0v) is 25.4. The number of esters is 2. The van der Waals surface area contributed by atoms with Gasteiger partial charge in [0.15, 0.2) is 0 Å². The molecule has 0 amide bonds. The van der Waals surface area contributed by atoms with Gasteiger partial charge in [0.1, 0.15) is 6.10 Å². The maximum Gasteiger partial charge on any atom is 0.302 e. The van der Waals surface area contributed by atoms with E-state index in [1.54, 1.807) is 0 Å². The molecule has 6 atom stereocenters. The van der Waals surface area contributed by atoms with Crippen LogP contribution in [0.4, 0.5) is 0 Å². The smallest absolute Gasteiger partial charge is 0.302 e. The monoisotopic (exact) mass is 524 g/mol. The third-order valence-electron chi connectivity index (χ3n) is 11.5. The molecule has 2 saturated carbocycles. The number of carbonyl (C=O) groups excluding carboxylic acids is 2. The second-order valence-corrected chi connectivity index (χ2v) is 14.4. The minimum Gasteiger partial charge on any atom is -0.465 e. The van der Waals surface area contributed by atoms with Gasteiger partial charge in [0.25, 0.3) is 0 Å². The number of ether oxygens (including phenoxy) is 2. The zero-order chi connectivity index (χ0) is 28.1. The molecule has 212 valence electrons. The Bertz CT molecular complexity index is 1030. The highest BCUT2D eigenvalue weighted by Crippen LogP contribution is 2.72. The van der Waals surface area contributed by atoms with Crippen molar-refractivity contribution in [3.8, 4) is 0 Å². The molecule has 2 fully saturated rings. The zero-order valence-electron chi connectivity index (χ0n) is 25.4. The first-order valence-electron chi connectivity index (χ1n) is 15.1. The topological polar surface area (TPSA) is 52.6 Å². The van der Waals surface area contributed by atoms with E-state index in [0.29, 0.717) is 24.4 Å². The first-order chi connectivity index (χ1) is 17.7. The maximum absolute atomic E-state index is 12.1. The van der Waals surface area contributed by atoms with E-state index in [0.717, 1.165) is 44.9 Å². The SMILES string of the molecule is C=C(CCCC(C)C)[C@H]1CC[C@@]2(C)C3=CC[C@H]4C(C)(C)[C@@H](OC(C)=O)CC[C@]4(C)C3=CC[C@]12COC(C)=O. The molecule has 0 aromatic rings. The van der Waals surface area contributed by atoms with Crippen LogP contribution in [0.5, 0.6) is 0 Å². The fourth-order valence-corrected chi connectivity index (χ4v) is 9.29. The molecular formula is C34H52O4. The van der Waals surface area contributed by atoms with Crippen molar-refractivity contribution in [2.24, 2.45) is 39.4 Å². The number of fused-ring (bicyclic) bond motifs is 5. The maximum atomic E-state index is 12.1. The largest absolute Gasteiger partial charge is 0.465 e. The highest BCUT2D eigenvalue weighted by Gasteiger charge is 2.65. The summed E-state index contributed by atoms with van der Waals surface area (Å²) in [6.45, 7) is 22.3. The van der Waals surface area contributed by atoms with Gasteiger partial charge in [-0.15, -0.1) is 0 Å². The van der Waals surface area contributed by atoms with Gasteiger partial charge in [-0.2, -0.15) is 0 Å². The Hall–Kier alpha value is -1.84. The van der Waals surface area contributed by atoms with Gasteiger partial charge in [0.05, 0.1) is 6.61 Å². The molecular weight excluding hydrogens is 472 g/mol. The van der Waals surface area contributed by atoms with Gasteiger partial charge in [0.2, 0.25) is 0 Å². The van der Waals surface area contributed by atoms with Crippen LogP contribution >= 0.6 is 0 Å². The summed E-state index contributed by atoms with van der Waals surface area (Å²) < 4.78 is 11.7. The summed E-state index contributed by atoms with van der Waals surface area (Å²) in [7, 11) is 0. The van der Waals surface area contributed by atoms with Crippen LogP contribution in [0.25, 0.3) is 0 Å². The fourth-order valence-electron chi connectivity index (χ4n) is 9.29. The number of carbonyl (C=O) groups is 2. The van der Waals surface area contributed by atoms with Crippen LogP contribution < -0.4 is 0 Å². The molecule has 0 spiro atoms. The number of hydrogen-bond acceptors (Lipinski definition) is 4. The van der Waals surface area contributed by atoms with Crippen LogP contribution in [0.3, 0.4) is 0 Å². The van der Waals surface area contributed by atoms with Gasteiger partial charge in [0, 0.05) is 30.1 Å². The fraction of sp³-hybridized carbons (Fsp3) is 0.765. The van der Waals surface area contributed by atoms with E-state index < -0.39 is 0 Å². The molecule has 4 aliphatic rings. The summed E-state index contributed by atoms with van der Waals surface area (Å²) in [5.41, 5.74) is 4.11. The van der Waals surface area contributed by atoms with Crippen molar-refractivity contribution in [1.29, 1.82) is 0 Å². The van der Waals surface area contributed by atoms with E-state index in [-0.39, 0.29) is 39.7 Å². The lowest BCUT2D eigenvalue weighted by atomic mass is 9.44. The van der Waals surface area contributed by atoms with Gasteiger partial charge in [-0.3, -0.25) is 9.59 Å². The minimum absolute atomic E-state index is 0.0408. The lowest BCUT2D eigenvalue weighted by Gasteiger charge is -2.61. The van der Waals surface area contributed by atoms with Crippen LogP contribution in [0, 0.1) is 39.4 Å². The predicted molar refractivity (Wildman–Crippen MR) is 153 cm³/mol. The molecule has 4 aliphatic carbocycles. The van der Waals surface area contributed by atoms with Crippen LogP contribution in [-0.4, -0.2) is 24.6 Å². The third kappa shape index (κ3) is 4.62. The summed E-state index contributed by atoms with van der Waals surface area (Å²) in [6, 6.07) is 0. The molecule has 0 saturated heterocycles. The molecule has 0 bridgehead atoms. The second-order valence-electron chi connectivity index (χ2n) is 14.4. The first kappa shape index (κ1) is 29.2. The minimum atomic E-state index is -0.192. The van der Waals surface area contributed by atoms with Crippen molar-refractivity contribution in [2.75, 3.05) is 6.61 Å². The number of allylic oxidation sites excluding steroid dienone is 5. The van der Waals surface area contributed by atoms with Crippen LogP contribution in [0.15, 0.2) is 35.5 Å². The summed E-state index contributed by atoms with van der Waals surface area (Å²) in [5, 5.41) is 0. The summed E-state index contributed by atoms with van der Waals surface area (Å²) in [5.74, 6) is 1.11. The number of hydrogen-bond donors (Lipinski definition) is 0. The quantitative estimate of drug-likeness (QED) is 0.236. The molecule has 0 unspecified atom stereocenters. The third-order valence-corrected chi connectivity index (χ3v) is 11.5. The molecule has 0 aromatic heterocycles. The van der Waals surface area contributed by atoms with E-state index in [2.05, 4.69) is 60.3 Å². The summed E-state index contributed by atoms with van der Waals surface area (Å²) in [4.78, 5) is 24.0. The predicted octanol–water partition coefficient (Wildman–Crippen LogP) is 8.37. The number of rotatable bonds is 8. The molecule has 0 aliphatic heterocycles. The first-order valence-corrected chi connectivity index (χ1v) is 15.1. The Balaban J connectivity index is 1.71. The standard InChI is InChI=1S/C34H52O4/c1-22(2)11-10-12-23(3)26-15-19-33(9)28-13-14-29-31(6,7)30(38-25(5)36)17-18-32(29,8)27(28)16-20-34(26,33)21-37-24(4)35/h13,16,22,26,29-30H,3,10-12,14-15,17-21H2,1-2,4-9H3/t26-,29+,30+,32-,33+,34+/m1/s1. The second kappa shape index (κ2) is 10.3. The lowest BCUT2D eigenvalue weighted by Crippen LogP contribution is -2.56. The van der Waals surface area contributed by atoms with E-state index >= 15 is 0 Å². The van der Waals surface area contributed by atoms with Crippen molar-refractivity contribution in [3.63, 3.8) is 0 Å². The molecule has 0 radical (unpaired) electrons. The summed E-state index contributed by atoms with van der Waals surface area (Å²) in [6.07, 6.45) is 14.5. The molecule has 4 heteroatoms. The Kier molecular flexibility index (Phi) is 7.89. The summed E-state index contributed by atoms with van der Waals surface area (Å²) >= 11 is 0. The van der Waals surface area contributed by atoms with Crippen molar-refractivity contribution >= 4 is 11.9 Å². The van der Waals surface area contributed by atoms with Gasteiger partial charge < -0.3 is 9.47 Å². The van der Waals surface area contributed by atoms with Crippen molar-refractivity contribution in [2.45, 2.75) is 119 Å². The van der Waals surface area contributed by atoms with Crippen LogP contribution in [-0.2, 0) is 19.1 Å². The van der Waals surface area contributed by atoms with Crippen molar-refractivity contribution < 1.29 is 19.1 Å². The van der Waals surface area contributed by atoms with Gasteiger partial charge in [-0.1, -0.05) is 72.3 Å². The van der Waals surface area contributed by atoms with E-state index in [1.165, 1.54) is 43.4 Å². The highest BCUT2D eigenvalue weighted by atomic mass is 16.5. The normalized spacial score (nSPS) is 37.3. The van der Waals surface area contributed by atoms with Gasteiger partial charge in [-0.25, -0.2) is 0 Å². The van der Waals surface area contributed by atoms with E-state index in [4.69, 9.17) is 9.47 Å². The molecule has 0 aromatic carbocycles. The molecule has 4 nitrogen and oxygen atoms in total. The molecule has 0 heterocycles. The average Bonchev–Trinajstić information content (AvgIpc) is 3.12. The van der Waals surface area contributed by atoms with Gasteiger partial charge >= 0.3 is 11.9 Å². The molecule has 0 N–H and O–H groups in total.